The van der Waals surface area contributed by atoms with Crippen LogP contribution < -0.4 is 4.74 Å². The molecule has 106 valence electrons. The first-order valence-electron chi connectivity index (χ1n) is 5.90. The van der Waals surface area contributed by atoms with Crippen LogP contribution in [0, 0.1) is 0 Å². The minimum absolute atomic E-state index is 0.0785. The summed E-state index contributed by atoms with van der Waals surface area (Å²) in [5.74, 6) is 0.606. The van der Waals surface area contributed by atoms with Gasteiger partial charge in [-0.15, -0.1) is 0 Å². The van der Waals surface area contributed by atoms with Crippen molar-refractivity contribution in [2.24, 2.45) is 0 Å². The molecule has 1 fully saturated rings. The van der Waals surface area contributed by atoms with E-state index in [-0.39, 0.29) is 11.0 Å². The highest BCUT2D eigenvalue weighted by Crippen LogP contribution is 2.29. The minimum Gasteiger partial charge on any atom is -0.496 e. The molecule has 5 nitrogen and oxygen atoms in total. The van der Waals surface area contributed by atoms with Crippen molar-refractivity contribution in [3.05, 3.63) is 22.7 Å². The quantitative estimate of drug-likeness (QED) is 0.835. The van der Waals surface area contributed by atoms with Crippen molar-refractivity contribution >= 4 is 26.0 Å². The van der Waals surface area contributed by atoms with Crippen LogP contribution in [0.2, 0.25) is 0 Å². The lowest BCUT2D eigenvalue weighted by molar-refractivity contribution is 0.0102. The molecule has 0 spiro atoms. The van der Waals surface area contributed by atoms with Crippen LogP contribution >= 0.6 is 15.9 Å². The Morgan fingerprint density at radius 3 is 2.79 bits per heavy atom. The number of sulfonamides is 1. The number of benzene rings is 1. The maximum absolute atomic E-state index is 12.5. The molecule has 1 atom stereocenters. The summed E-state index contributed by atoms with van der Waals surface area (Å²) < 4.78 is 37.5. The van der Waals surface area contributed by atoms with E-state index in [9.17, 15) is 8.42 Å². The maximum Gasteiger partial charge on any atom is 0.243 e. The van der Waals surface area contributed by atoms with E-state index in [0.717, 1.165) is 0 Å². The van der Waals surface area contributed by atoms with Gasteiger partial charge >= 0.3 is 0 Å². The molecule has 0 aromatic heterocycles. The largest absolute Gasteiger partial charge is 0.496 e. The molecule has 19 heavy (non-hydrogen) atoms. The third kappa shape index (κ3) is 3.10. The predicted molar refractivity (Wildman–Crippen MR) is 74.9 cm³/mol. The molecule has 0 N–H and O–H groups in total. The van der Waals surface area contributed by atoms with Gasteiger partial charge in [0.15, 0.2) is 0 Å². The molecule has 0 bridgehead atoms. The first kappa shape index (κ1) is 14.8. The molecule has 1 aromatic rings. The van der Waals surface area contributed by atoms with Crippen molar-refractivity contribution in [2.75, 3.05) is 26.8 Å². The molecule has 1 aliphatic heterocycles. The van der Waals surface area contributed by atoms with Crippen LogP contribution in [0.25, 0.3) is 0 Å². The van der Waals surface area contributed by atoms with Gasteiger partial charge in [-0.05, 0) is 41.1 Å². The fraction of sp³-hybridized carbons (Fsp3) is 0.500. The van der Waals surface area contributed by atoms with E-state index in [2.05, 4.69) is 15.9 Å². The van der Waals surface area contributed by atoms with Gasteiger partial charge < -0.3 is 9.47 Å². The number of rotatable bonds is 3. The standard InChI is InChI=1S/C12H16BrNO4S/c1-9-8-14(5-6-18-9)19(15,16)10-3-4-12(17-2)11(13)7-10/h3-4,7,9H,5-6,8H2,1-2H3. The first-order chi connectivity index (χ1) is 8.95. The number of nitrogens with zero attached hydrogens (tertiary/aromatic N) is 1. The molecule has 0 radical (unpaired) electrons. The fourth-order valence-electron chi connectivity index (χ4n) is 1.96. The lowest BCUT2D eigenvalue weighted by atomic mass is 10.3. The van der Waals surface area contributed by atoms with Gasteiger partial charge in [-0.3, -0.25) is 0 Å². The lowest BCUT2D eigenvalue weighted by Crippen LogP contribution is -2.44. The van der Waals surface area contributed by atoms with Gasteiger partial charge in [0, 0.05) is 13.1 Å². The summed E-state index contributed by atoms with van der Waals surface area (Å²) in [4.78, 5) is 0.259. The van der Waals surface area contributed by atoms with E-state index < -0.39 is 10.0 Å². The summed E-state index contributed by atoms with van der Waals surface area (Å²) in [7, 11) is -1.94. The third-order valence-electron chi connectivity index (χ3n) is 2.96. The first-order valence-corrected chi connectivity index (χ1v) is 8.13. The molecule has 1 saturated heterocycles. The van der Waals surface area contributed by atoms with E-state index in [0.29, 0.717) is 29.9 Å². The summed E-state index contributed by atoms with van der Waals surface area (Å²) in [5.41, 5.74) is 0. The smallest absolute Gasteiger partial charge is 0.243 e. The Morgan fingerprint density at radius 2 is 2.21 bits per heavy atom. The number of hydrogen-bond donors (Lipinski definition) is 0. The van der Waals surface area contributed by atoms with E-state index in [1.165, 1.54) is 11.4 Å². The van der Waals surface area contributed by atoms with Gasteiger partial charge in [-0.25, -0.2) is 8.42 Å². The van der Waals surface area contributed by atoms with E-state index in [1.807, 2.05) is 6.92 Å². The fourth-order valence-corrected chi connectivity index (χ4v) is 4.18. The summed E-state index contributed by atoms with van der Waals surface area (Å²) >= 11 is 3.30. The van der Waals surface area contributed by atoms with Gasteiger partial charge in [-0.2, -0.15) is 4.31 Å². The second-order valence-electron chi connectivity index (χ2n) is 4.34. The summed E-state index contributed by atoms with van der Waals surface area (Å²) in [6.07, 6.45) is -0.0785. The zero-order valence-corrected chi connectivity index (χ0v) is 13.2. The number of methoxy groups -OCH3 is 1. The second-order valence-corrected chi connectivity index (χ2v) is 7.13. The van der Waals surface area contributed by atoms with Crippen LogP contribution in [0.3, 0.4) is 0 Å². The molecule has 0 aliphatic carbocycles. The van der Waals surface area contributed by atoms with E-state index in [4.69, 9.17) is 9.47 Å². The molecular weight excluding hydrogens is 334 g/mol. The summed E-state index contributed by atoms with van der Waals surface area (Å²) in [6.45, 7) is 3.06. The highest BCUT2D eigenvalue weighted by Gasteiger charge is 2.29. The van der Waals surface area contributed by atoms with Crippen LogP contribution in [0.4, 0.5) is 0 Å². The number of halogens is 1. The van der Waals surface area contributed by atoms with Crippen molar-refractivity contribution in [3.8, 4) is 5.75 Å². The Balaban J connectivity index is 2.31. The second kappa shape index (κ2) is 5.78. The maximum atomic E-state index is 12.5. The summed E-state index contributed by atoms with van der Waals surface area (Å²) in [5, 5.41) is 0. The Labute approximate surface area is 121 Å². The molecule has 1 unspecified atom stereocenters. The van der Waals surface area contributed by atoms with Crippen molar-refractivity contribution in [2.45, 2.75) is 17.9 Å². The molecule has 1 heterocycles. The van der Waals surface area contributed by atoms with Gasteiger partial charge in [-0.1, -0.05) is 0 Å². The van der Waals surface area contributed by atoms with Crippen LogP contribution in [0.5, 0.6) is 5.75 Å². The molecular formula is C12H16BrNO4S. The SMILES string of the molecule is COc1ccc(S(=O)(=O)N2CCOC(C)C2)cc1Br. The summed E-state index contributed by atoms with van der Waals surface area (Å²) in [6, 6.07) is 4.76. The van der Waals surface area contributed by atoms with Gasteiger partial charge in [0.05, 0.1) is 29.2 Å². The molecule has 0 amide bonds. The minimum atomic E-state index is -3.47. The predicted octanol–water partition coefficient (Wildman–Crippen LogP) is 1.87. The van der Waals surface area contributed by atoms with Crippen LogP contribution in [0.15, 0.2) is 27.6 Å². The Hall–Kier alpha value is -0.630. The van der Waals surface area contributed by atoms with Crippen molar-refractivity contribution in [3.63, 3.8) is 0 Å². The Morgan fingerprint density at radius 1 is 1.47 bits per heavy atom. The van der Waals surface area contributed by atoms with Gasteiger partial charge in [0.1, 0.15) is 5.75 Å². The third-order valence-corrected chi connectivity index (χ3v) is 5.45. The highest BCUT2D eigenvalue weighted by atomic mass is 79.9. The average Bonchev–Trinajstić information content (AvgIpc) is 2.38. The topological polar surface area (TPSA) is 55.8 Å². The van der Waals surface area contributed by atoms with Gasteiger partial charge in [0.25, 0.3) is 0 Å². The van der Waals surface area contributed by atoms with Crippen LogP contribution in [0.1, 0.15) is 6.92 Å². The van der Waals surface area contributed by atoms with Crippen molar-refractivity contribution < 1.29 is 17.9 Å². The molecule has 2 rings (SSSR count). The van der Waals surface area contributed by atoms with E-state index >= 15 is 0 Å². The van der Waals surface area contributed by atoms with E-state index in [1.54, 1.807) is 18.2 Å². The zero-order valence-electron chi connectivity index (χ0n) is 10.8. The number of morpholine rings is 1. The zero-order chi connectivity index (χ0) is 14.0. The molecule has 1 aromatic carbocycles. The van der Waals surface area contributed by atoms with Crippen LogP contribution in [-0.4, -0.2) is 45.6 Å². The Bertz CT molecular complexity index is 561. The van der Waals surface area contributed by atoms with Crippen LogP contribution in [-0.2, 0) is 14.8 Å². The van der Waals surface area contributed by atoms with Crippen molar-refractivity contribution in [1.82, 2.24) is 4.31 Å². The molecule has 1 aliphatic rings. The normalized spacial score (nSPS) is 21.3. The molecule has 7 heteroatoms. The Kier molecular flexibility index (Phi) is 4.50. The number of hydrogen-bond acceptors (Lipinski definition) is 4. The van der Waals surface area contributed by atoms with Crippen molar-refractivity contribution in [1.29, 1.82) is 0 Å². The van der Waals surface area contributed by atoms with Gasteiger partial charge in [0.2, 0.25) is 10.0 Å². The monoisotopic (exact) mass is 349 g/mol. The average molecular weight is 350 g/mol. The number of ether oxygens (including phenoxy) is 2. The lowest BCUT2D eigenvalue weighted by Gasteiger charge is -2.30. The highest BCUT2D eigenvalue weighted by molar-refractivity contribution is 9.10. The molecule has 0 saturated carbocycles.